The maximum Gasteiger partial charge on any atom is 0.416 e. The van der Waals surface area contributed by atoms with Gasteiger partial charge in [0.25, 0.3) is 0 Å². The zero-order valence-corrected chi connectivity index (χ0v) is 47.2. The molecular formula is C64H74N2O14. The van der Waals surface area contributed by atoms with Crippen molar-refractivity contribution in [1.29, 1.82) is 0 Å². The first-order valence-corrected chi connectivity index (χ1v) is 27.3. The Labute approximate surface area is 468 Å². The van der Waals surface area contributed by atoms with Crippen LogP contribution in [0.5, 0.6) is 0 Å². The molecule has 4 heterocycles. The van der Waals surface area contributed by atoms with Crippen LogP contribution in [0.15, 0.2) is 130 Å². The number of aliphatic hydroxyl groups is 1. The molecule has 424 valence electrons. The fraction of sp³-hybridized carbons (Fsp3) is 0.391. The van der Waals surface area contributed by atoms with Crippen molar-refractivity contribution in [2.24, 2.45) is 11.8 Å². The minimum atomic E-state index is -1.19. The van der Waals surface area contributed by atoms with Gasteiger partial charge in [0.15, 0.2) is 6.10 Å². The number of aryl methyl sites for hydroxylation is 4. The molecule has 6 aromatic rings. The highest BCUT2D eigenvalue weighted by atomic mass is 16.6. The smallest absolute Gasteiger partial charge is 0.416 e. The van der Waals surface area contributed by atoms with Crippen LogP contribution in [0.3, 0.4) is 0 Å². The van der Waals surface area contributed by atoms with Gasteiger partial charge in [-0.15, -0.1) is 0 Å². The van der Waals surface area contributed by atoms with E-state index in [-0.39, 0.29) is 13.2 Å². The third-order valence-electron chi connectivity index (χ3n) is 13.7. The van der Waals surface area contributed by atoms with Crippen LogP contribution in [0, 0.1) is 25.7 Å². The molecule has 0 saturated carbocycles. The van der Waals surface area contributed by atoms with Crippen LogP contribution >= 0.6 is 0 Å². The van der Waals surface area contributed by atoms with E-state index in [0.29, 0.717) is 30.8 Å². The SMILES string of the molecule is CC(=O)OC(C)=O.CCCCc1oc([C@@H](O)[C@H](C)C(=O)N2C(=O)OC[C@@H]2Cc2ccccc2)cc1-c1cccc(C)c1.CCCCc1oc([C@@H](OC(C)=O)[C@H](C)C(=O)N2C(=O)OC[C@@H]2Cc2ccccc2)cc1-c1cccc(C)c1. The number of furan rings is 2. The van der Waals surface area contributed by atoms with Gasteiger partial charge in [-0.3, -0.25) is 24.0 Å². The first-order valence-electron chi connectivity index (χ1n) is 27.3. The molecular weight excluding hydrogens is 1020 g/mol. The molecule has 0 radical (unpaired) electrons. The van der Waals surface area contributed by atoms with Crippen LogP contribution in [0.2, 0.25) is 0 Å². The van der Waals surface area contributed by atoms with Gasteiger partial charge in [-0.2, -0.15) is 0 Å². The lowest BCUT2D eigenvalue weighted by atomic mass is 9.97. The Balaban J connectivity index is 0.000000231. The zero-order valence-electron chi connectivity index (χ0n) is 47.2. The van der Waals surface area contributed by atoms with Crippen molar-refractivity contribution in [3.8, 4) is 22.3 Å². The summed E-state index contributed by atoms with van der Waals surface area (Å²) in [4.78, 5) is 86.3. The monoisotopic (exact) mass is 1090 g/mol. The average Bonchev–Trinajstić information content (AvgIpc) is 4.24. The number of ether oxygens (including phenoxy) is 4. The zero-order chi connectivity index (χ0) is 58.0. The molecule has 0 aliphatic carbocycles. The van der Waals surface area contributed by atoms with E-state index in [9.17, 15) is 38.7 Å². The molecule has 2 fully saturated rings. The minimum absolute atomic E-state index is 0.115. The van der Waals surface area contributed by atoms with Crippen molar-refractivity contribution in [3.63, 3.8) is 0 Å². The number of hydrogen-bond donors (Lipinski definition) is 1. The summed E-state index contributed by atoms with van der Waals surface area (Å²) in [6, 6.07) is 38.4. The van der Waals surface area contributed by atoms with E-state index >= 15 is 0 Å². The molecule has 80 heavy (non-hydrogen) atoms. The third-order valence-corrected chi connectivity index (χ3v) is 13.7. The molecule has 0 bridgehead atoms. The van der Waals surface area contributed by atoms with Crippen molar-refractivity contribution in [2.45, 2.75) is 138 Å². The number of esters is 3. The number of rotatable bonds is 19. The van der Waals surface area contributed by atoms with Gasteiger partial charge in [-0.25, -0.2) is 19.4 Å². The van der Waals surface area contributed by atoms with Crippen LogP contribution in [0.4, 0.5) is 9.59 Å². The van der Waals surface area contributed by atoms with Gasteiger partial charge in [0.1, 0.15) is 42.4 Å². The summed E-state index contributed by atoms with van der Waals surface area (Å²) >= 11 is 0. The molecule has 0 spiro atoms. The highest BCUT2D eigenvalue weighted by Gasteiger charge is 2.45. The van der Waals surface area contributed by atoms with Gasteiger partial charge in [0, 0.05) is 44.7 Å². The number of amides is 4. The van der Waals surface area contributed by atoms with Crippen molar-refractivity contribution in [1.82, 2.24) is 9.80 Å². The lowest BCUT2D eigenvalue weighted by Crippen LogP contribution is -2.44. The lowest BCUT2D eigenvalue weighted by Gasteiger charge is -2.27. The second kappa shape index (κ2) is 29.2. The molecule has 6 atom stereocenters. The van der Waals surface area contributed by atoms with Gasteiger partial charge < -0.3 is 32.9 Å². The second-order valence-corrected chi connectivity index (χ2v) is 20.3. The fourth-order valence-corrected chi connectivity index (χ4v) is 9.62. The summed E-state index contributed by atoms with van der Waals surface area (Å²) in [6.07, 6.45) is 2.79. The summed E-state index contributed by atoms with van der Waals surface area (Å²) in [6.45, 7) is 15.5. The van der Waals surface area contributed by atoms with E-state index in [4.69, 9.17) is 23.0 Å². The Kier molecular flexibility index (Phi) is 22.3. The Morgan fingerprint density at radius 1 is 0.575 bits per heavy atom. The summed E-state index contributed by atoms with van der Waals surface area (Å²) in [5.41, 5.74) is 8.11. The fourth-order valence-electron chi connectivity index (χ4n) is 9.62. The topological polar surface area (TPSA) is 209 Å². The normalized spacial score (nSPS) is 16.2. The summed E-state index contributed by atoms with van der Waals surface area (Å²) < 4.78 is 32.5. The van der Waals surface area contributed by atoms with E-state index in [0.717, 1.165) is 97.9 Å². The first kappa shape index (κ1) is 61.1. The number of aliphatic hydroxyl groups excluding tert-OH is 1. The largest absolute Gasteiger partial charge is 0.463 e. The number of hydrogen-bond acceptors (Lipinski definition) is 14. The van der Waals surface area contributed by atoms with Crippen molar-refractivity contribution < 1.29 is 66.5 Å². The summed E-state index contributed by atoms with van der Waals surface area (Å²) in [5.74, 6) is -2.05. The Bertz CT molecular complexity index is 3060. The molecule has 0 unspecified atom stereocenters. The lowest BCUT2D eigenvalue weighted by molar-refractivity contribution is -0.157. The van der Waals surface area contributed by atoms with Crippen LogP contribution in [0.1, 0.15) is 132 Å². The predicted octanol–water partition coefficient (Wildman–Crippen LogP) is 12.4. The number of carbonyl (C=O) groups excluding carboxylic acids is 7. The molecule has 2 saturated heterocycles. The van der Waals surface area contributed by atoms with E-state index in [2.05, 4.69) is 30.7 Å². The quantitative estimate of drug-likeness (QED) is 0.0455. The number of nitrogens with zero attached hydrogens (tertiary/aromatic N) is 2. The second-order valence-electron chi connectivity index (χ2n) is 20.3. The van der Waals surface area contributed by atoms with Gasteiger partial charge in [-0.1, -0.05) is 154 Å². The van der Waals surface area contributed by atoms with Crippen LogP contribution in [0.25, 0.3) is 22.3 Å². The molecule has 2 aliphatic rings. The van der Waals surface area contributed by atoms with Gasteiger partial charge >= 0.3 is 30.1 Å². The van der Waals surface area contributed by atoms with Gasteiger partial charge in [0.2, 0.25) is 11.8 Å². The van der Waals surface area contributed by atoms with Crippen molar-refractivity contribution in [2.75, 3.05) is 13.2 Å². The highest BCUT2D eigenvalue weighted by molar-refractivity contribution is 5.96. The van der Waals surface area contributed by atoms with E-state index in [1.54, 1.807) is 13.8 Å². The number of unbranched alkanes of at least 4 members (excludes halogenated alkanes) is 2. The standard InChI is InChI=1S/C31H35NO6.C29H33NO5.C4H6O3/c1-5-6-15-27-26(24-14-10-11-20(2)16-24)18-28(38-27)29(37-22(4)33)21(3)30(34)32-25(19-36-31(32)35)17-23-12-8-7-9-13-23;1-4-5-14-25-24(22-13-9-10-19(2)15-22)17-26(35-25)27(31)20(3)28(32)30-23(18-34-29(30)33)16-21-11-7-6-8-12-21;1-3(5)7-4(2)6/h7-14,16,18,21,25,29H,5-6,15,17,19H2,1-4H3;6-13,15,17,20,23,27,31H,4-5,14,16,18H2,1-3H3;1-2H3/t21-,25-,29-;20-,23-,27-;/m00./s1. The number of benzene rings is 4. The van der Waals surface area contributed by atoms with E-state index in [1.807, 2.05) is 123 Å². The summed E-state index contributed by atoms with van der Waals surface area (Å²) in [7, 11) is 0. The molecule has 4 aromatic carbocycles. The minimum Gasteiger partial charge on any atom is -0.463 e. The molecule has 1 N–H and O–H groups in total. The molecule has 2 aromatic heterocycles. The molecule has 8 rings (SSSR count). The van der Waals surface area contributed by atoms with E-state index < -0.39 is 78.0 Å². The third kappa shape index (κ3) is 16.5. The number of cyclic esters (lactones) is 2. The maximum absolute atomic E-state index is 13.7. The van der Waals surface area contributed by atoms with E-state index in [1.165, 1.54) is 20.8 Å². The van der Waals surface area contributed by atoms with Crippen LogP contribution in [-0.4, -0.2) is 82.1 Å². The highest BCUT2D eigenvalue weighted by Crippen LogP contribution is 2.38. The molecule has 16 nitrogen and oxygen atoms in total. The van der Waals surface area contributed by atoms with Crippen molar-refractivity contribution >= 4 is 41.9 Å². The Morgan fingerprint density at radius 2 is 1.00 bits per heavy atom. The van der Waals surface area contributed by atoms with Gasteiger partial charge in [0.05, 0.1) is 23.9 Å². The number of carbonyl (C=O) groups is 7. The van der Waals surface area contributed by atoms with Crippen LogP contribution < -0.4 is 0 Å². The van der Waals surface area contributed by atoms with Crippen LogP contribution in [-0.2, 0) is 68.6 Å². The molecule has 16 heteroatoms. The van der Waals surface area contributed by atoms with Crippen molar-refractivity contribution in [3.05, 3.63) is 167 Å². The first-order chi connectivity index (χ1) is 38.3. The Hall–Kier alpha value is -8.11. The van der Waals surface area contributed by atoms with Gasteiger partial charge in [-0.05, 0) is 80.8 Å². The molecule has 2 aliphatic heterocycles. The predicted molar refractivity (Wildman–Crippen MR) is 299 cm³/mol. The average molecular weight is 1100 g/mol. The Morgan fingerprint density at radius 3 is 1.40 bits per heavy atom. The maximum atomic E-state index is 13.7. The number of imide groups is 2. The summed E-state index contributed by atoms with van der Waals surface area (Å²) in [5, 5.41) is 11.2. The molecule has 4 amide bonds.